The fourth-order valence-corrected chi connectivity index (χ4v) is 2.85. The molecule has 4 nitrogen and oxygen atoms in total. The first-order valence-electron chi connectivity index (χ1n) is 6.44. The Labute approximate surface area is 126 Å². The average molecular weight is 312 g/mol. The lowest BCUT2D eigenvalue weighted by Gasteiger charge is -2.19. The lowest BCUT2D eigenvalue weighted by atomic mass is 10.1. The minimum atomic E-state index is -1.19. The van der Waals surface area contributed by atoms with Crippen molar-refractivity contribution in [1.82, 2.24) is 9.97 Å². The molecule has 2 atom stereocenters. The van der Waals surface area contributed by atoms with Gasteiger partial charge in [0.2, 0.25) is 0 Å². The van der Waals surface area contributed by atoms with Gasteiger partial charge in [0.15, 0.2) is 5.16 Å². The van der Waals surface area contributed by atoms with E-state index < -0.39 is 10.8 Å². The Morgan fingerprint density at radius 3 is 2.80 bits per heavy atom. The van der Waals surface area contributed by atoms with E-state index in [1.165, 1.54) is 0 Å². The van der Waals surface area contributed by atoms with Gasteiger partial charge in [-0.1, -0.05) is 43.6 Å². The van der Waals surface area contributed by atoms with Crippen molar-refractivity contribution in [2.24, 2.45) is 5.92 Å². The van der Waals surface area contributed by atoms with Gasteiger partial charge in [0.25, 0.3) is 0 Å². The summed E-state index contributed by atoms with van der Waals surface area (Å²) in [6, 6.07) is 7.77. The number of nitrogens with one attached hydrogen (secondary N) is 2. The predicted octanol–water partition coefficient (Wildman–Crippen LogP) is 3.35. The van der Waals surface area contributed by atoms with Gasteiger partial charge in [-0.25, -0.2) is 4.98 Å². The van der Waals surface area contributed by atoms with Crippen molar-refractivity contribution in [2.45, 2.75) is 30.3 Å². The Kier molecular flexibility index (Phi) is 5.20. The Hall–Kier alpha value is -1.33. The molecule has 6 heteroatoms. The van der Waals surface area contributed by atoms with Gasteiger partial charge in [0.1, 0.15) is 5.50 Å². The molecule has 1 aromatic heterocycles. The van der Waals surface area contributed by atoms with Gasteiger partial charge in [-0.05, 0) is 17.5 Å². The maximum Gasteiger partial charge on any atom is 0.196 e. The molecule has 0 saturated carbocycles. The number of hydrogen-bond donors (Lipinski definition) is 2. The molecule has 0 radical (unpaired) electrons. The summed E-state index contributed by atoms with van der Waals surface area (Å²) < 4.78 is 12.2. The second-order valence-electron chi connectivity index (χ2n) is 4.83. The van der Waals surface area contributed by atoms with Crippen LogP contribution in [0.1, 0.15) is 19.4 Å². The third-order valence-corrected chi connectivity index (χ3v) is 4.71. The number of rotatable bonds is 6. The molecular weight excluding hydrogens is 294 g/mol. The van der Waals surface area contributed by atoms with E-state index in [1.807, 2.05) is 38.1 Å². The molecule has 0 spiro atoms. The summed E-state index contributed by atoms with van der Waals surface area (Å²) in [6.07, 6.45) is 3.27. The highest BCUT2D eigenvalue weighted by atomic mass is 35.5. The van der Waals surface area contributed by atoms with Crippen molar-refractivity contribution < 1.29 is 4.21 Å². The van der Waals surface area contributed by atoms with Gasteiger partial charge in [-0.15, -0.1) is 0 Å². The monoisotopic (exact) mass is 311 g/mol. The molecule has 0 bridgehead atoms. The van der Waals surface area contributed by atoms with Crippen LogP contribution < -0.4 is 5.32 Å². The van der Waals surface area contributed by atoms with Crippen molar-refractivity contribution in [3.63, 3.8) is 0 Å². The molecule has 2 aromatic rings. The van der Waals surface area contributed by atoms with Crippen LogP contribution in [0.2, 0.25) is 0 Å². The number of aromatic amines is 1. The minimum absolute atomic E-state index is 0.159. The molecule has 0 amide bonds. The topological polar surface area (TPSA) is 57.8 Å². The SMILES string of the molecule is CC(C)C(Cl)Nc1ccccc1CS(=O)c1ncc[nH]1. The van der Waals surface area contributed by atoms with Crippen LogP contribution in [0.15, 0.2) is 41.8 Å². The normalized spacial score (nSPS) is 14.2. The molecule has 108 valence electrons. The van der Waals surface area contributed by atoms with Crippen molar-refractivity contribution in [3.8, 4) is 0 Å². The third-order valence-electron chi connectivity index (χ3n) is 2.87. The third kappa shape index (κ3) is 3.84. The summed E-state index contributed by atoms with van der Waals surface area (Å²) in [6.45, 7) is 4.10. The fourth-order valence-electron chi connectivity index (χ4n) is 1.69. The zero-order chi connectivity index (χ0) is 14.5. The number of nitrogens with zero attached hydrogens (tertiary/aromatic N) is 1. The van der Waals surface area contributed by atoms with Crippen molar-refractivity contribution in [1.29, 1.82) is 0 Å². The number of halogens is 1. The van der Waals surface area contributed by atoms with Crippen molar-refractivity contribution in [2.75, 3.05) is 5.32 Å². The second kappa shape index (κ2) is 6.90. The van der Waals surface area contributed by atoms with E-state index in [9.17, 15) is 4.21 Å². The number of hydrogen-bond acceptors (Lipinski definition) is 3. The maximum atomic E-state index is 12.2. The van der Waals surface area contributed by atoms with Crippen LogP contribution >= 0.6 is 11.6 Å². The molecule has 1 heterocycles. The second-order valence-corrected chi connectivity index (χ2v) is 6.67. The quantitative estimate of drug-likeness (QED) is 0.635. The highest BCUT2D eigenvalue weighted by Gasteiger charge is 2.14. The van der Waals surface area contributed by atoms with E-state index in [0.29, 0.717) is 16.8 Å². The van der Waals surface area contributed by atoms with E-state index in [-0.39, 0.29) is 5.50 Å². The number of aromatic nitrogens is 2. The summed E-state index contributed by atoms with van der Waals surface area (Å²) in [4.78, 5) is 6.91. The highest BCUT2D eigenvalue weighted by molar-refractivity contribution is 7.84. The van der Waals surface area contributed by atoms with Gasteiger partial charge in [0.05, 0.1) is 16.6 Å². The maximum absolute atomic E-state index is 12.2. The molecule has 0 saturated heterocycles. The molecule has 20 heavy (non-hydrogen) atoms. The van der Waals surface area contributed by atoms with Crippen LogP contribution in [0, 0.1) is 5.92 Å². The van der Waals surface area contributed by atoms with E-state index in [1.54, 1.807) is 12.4 Å². The van der Waals surface area contributed by atoms with Crippen LogP contribution in [0.4, 0.5) is 5.69 Å². The smallest absolute Gasteiger partial charge is 0.196 e. The number of imidazole rings is 1. The molecule has 0 aliphatic carbocycles. The number of anilines is 1. The molecule has 0 aliphatic heterocycles. The van der Waals surface area contributed by atoms with Crippen LogP contribution in [-0.4, -0.2) is 19.7 Å². The van der Waals surface area contributed by atoms with E-state index in [2.05, 4.69) is 15.3 Å². The first kappa shape index (κ1) is 15.1. The number of alkyl halides is 1. The van der Waals surface area contributed by atoms with Crippen LogP contribution in [0.5, 0.6) is 0 Å². The number of benzene rings is 1. The number of para-hydroxylation sites is 1. The standard InChI is InChI=1S/C14H18ClN3OS/c1-10(2)13(15)18-12-6-4-3-5-11(12)9-20(19)14-16-7-8-17-14/h3-8,10,13,18H,9H2,1-2H3,(H,16,17). The fraction of sp³-hybridized carbons (Fsp3) is 0.357. The van der Waals surface area contributed by atoms with Gasteiger partial charge in [-0.2, -0.15) is 0 Å². The molecule has 0 fully saturated rings. The van der Waals surface area contributed by atoms with Gasteiger partial charge < -0.3 is 10.3 Å². The molecule has 0 aliphatic rings. The Balaban J connectivity index is 2.14. The largest absolute Gasteiger partial charge is 0.369 e. The predicted molar refractivity (Wildman–Crippen MR) is 83.2 cm³/mol. The van der Waals surface area contributed by atoms with Crippen molar-refractivity contribution in [3.05, 3.63) is 42.2 Å². The van der Waals surface area contributed by atoms with Gasteiger partial charge in [0, 0.05) is 18.1 Å². The minimum Gasteiger partial charge on any atom is -0.369 e. The van der Waals surface area contributed by atoms with E-state index >= 15 is 0 Å². The molecule has 1 aromatic carbocycles. The summed E-state index contributed by atoms with van der Waals surface area (Å²) in [7, 11) is -1.19. The lowest BCUT2D eigenvalue weighted by Crippen LogP contribution is -2.19. The molecule has 2 unspecified atom stereocenters. The zero-order valence-corrected chi connectivity index (χ0v) is 13.0. The van der Waals surface area contributed by atoms with Crippen LogP contribution in [0.3, 0.4) is 0 Å². The van der Waals surface area contributed by atoms with E-state index in [4.69, 9.17) is 11.6 Å². The first-order chi connectivity index (χ1) is 9.58. The van der Waals surface area contributed by atoms with Crippen molar-refractivity contribution >= 4 is 28.1 Å². The summed E-state index contributed by atoms with van der Waals surface area (Å²) >= 11 is 6.25. The van der Waals surface area contributed by atoms with Crippen LogP contribution in [0.25, 0.3) is 0 Å². The highest BCUT2D eigenvalue weighted by Crippen LogP contribution is 2.22. The Morgan fingerprint density at radius 1 is 1.40 bits per heavy atom. The summed E-state index contributed by atoms with van der Waals surface area (Å²) in [5.41, 5.74) is 1.72. The zero-order valence-electron chi connectivity index (χ0n) is 11.5. The Morgan fingerprint density at radius 2 is 2.15 bits per heavy atom. The average Bonchev–Trinajstić information content (AvgIpc) is 2.94. The number of H-pyrrole nitrogens is 1. The van der Waals surface area contributed by atoms with Gasteiger partial charge in [-0.3, -0.25) is 4.21 Å². The summed E-state index contributed by atoms with van der Waals surface area (Å²) in [5.74, 6) is 0.707. The first-order valence-corrected chi connectivity index (χ1v) is 8.19. The van der Waals surface area contributed by atoms with Gasteiger partial charge >= 0.3 is 0 Å². The molecule has 2 rings (SSSR count). The molecule has 2 N–H and O–H groups in total. The van der Waals surface area contributed by atoms with Crippen LogP contribution in [-0.2, 0) is 16.6 Å². The molecular formula is C14H18ClN3OS. The lowest BCUT2D eigenvalue weighted by molar-refractivity contribution is 0.643. The Bertz CT molecular complexity index is 572. The summed E-state index contributed by atoms with van der Waals surface area (Å²) in [5, 5.41) is 3.75. The van der Waals surface area contributed by atoms with E-state index in [0.717, 1.165) is 11.3 Å².